The van der Waals surface area contributed by atoms with E-state index in [1.54, 1.807) is 149 Å². The van der Waals surface area contributed by atoms with Crippen LogP contribution in [0.5, 0.6) is 0 Å². The van der Waals surface area contributed by atoms with Crippen LogP contribution in [0.1, 0.15) is 260 Å². The van der Waals surface area contributed by atoms with Gasteiger partial charge in [0.15, 0.2) is 0 Å². The van der Waals surface area contributed by atoms with Crippen molar-refractivity contribution in [1.29, 1.82) is 0 Å². The summed E-state index contributed by atoms with van der Waals surface area (Å²) in [6.07, 6.45) is 12.2. The van der Waals surface area contributed by atoms with Crippen molar-refractivity contribution in [2.45, 2.75) is 341 Å². The molecule has 131 heavy (non-hydrogen) atoms. The van der Waals surface area contributed by atoms with Gasteiger partial charge in [0.05, 0.1) is 62.9 Å². The Kier molecular flexibility index (Phi) is 83.3. The summed E-state index contributed by atoms with van der Waals surface area (Å²) in [5.74, 6) is -3.02. The van der Waals surface area contributed by atoms with Gasteiger partial charge in [0, 0.05) is 6.04 Å². The molecule has 1 aliphatic rings. The van der Waals surface area contributed by atoms with E-state index in [-0.39, 0.29) is 22.5 Å². The van der Waals surface area contributed by atoms with Gasteiger partial charge in [-0.15, -0.1) is 13.2 Å². The number of thioether (sulfide) groups is 1. The van der Waals surface area contributed by atoms with Crippen LogP contribution < -0.4 is 31.9 Å². The van der Waals surface area contributed by atoms with Crippen LogP contribution >= 0.6 is 118 Å². The summed E-state index contributed by atoms with van der Waals surface area (Å²) >= 11 is 15.0. The molecule has 776 valence electrons. The first-order valence-corrected chi connectivity index (χ1v) is 75.7. The Morgan fingerprint density at radius 3 is 0.794 bits per heavy atom. The van der Waals surface area contributed by atoms with Crippen molar-refractivity contribution in [3.63, 3.8) is 0 Å². The van der Waals surface area contributed by atoms with Gasteiger partial charge in [-0.25, -0.2) is 52.7 Å². The van der Waals surface area contributed by atoms with Crippen LogP contribution in [0.3, 0.4) is 0 Å². The first-order valence-electron chi connectivity index (χ1n) is 40.7. The molecule has 6 N–H and O–H groups in total. The molecule has 6 amide bonds. The predicted octanol–water partition coefficient (Wildman–Crippen LogP) is 23.5. The number of carbonyl (C=O) groups is 12. The SMILES string of the molecule is C=CC(C)(C)C[C@H](NC(=O)OC(C)(C)C)C(=O)OC.C=CC(C)(C)C[C@H](NC(=O)OC(C)(C)C)C(=O)OC.CC(C)=CBr.COC(=O)[C@H](CCC1OC1(C)C)NC(=O)OC(C)(C)C.COC(=O)[C@H](CCC=C(C)C)NC(=O)OC(C)(C)C.COC(=O)[C@H](CCC=C(C)C)NC(=O)OC(C)(C)C.CSC.[2H]CF.[CH2-][C@H](NC(=O)OC(C)(C)C)C(=O)OC.[Cl][W]([Cl])([Cl])([Cl])([Cl])[Cl].[Cu][Br].[Zn+][I]. The molecule has 1 rings (SSSR count). The summed E-state index contributed by atoms with van der Waals surface area (Å²) in [4.78, 5) is 140. The number of rotatable bonds is 27. The molecule has 0 radical (unpaired) electrons. The Morgan fingerprint density at radius 1 is 0.458 bits per heavy atom. The number of epoxide rings is 1. The number of hydrogen-bond acceptors (Lipinski definition) is 26. The summed E-state index contributed by atoms with van der Waals surface area (Å²) in [6.45, 7) is 66.1. The topological polar surface area (TPSA) is 400 Å². The van der Waals surface area contributed by atoms with Crippen LogP contribution in [0.4, 0.5) is 33.2 Å². The normalized spacial score (nSPS) is 14.1. The summed E-state index contributed by atoms with van der Waals surface area (Å²) in [5, 5.41) is 14.9. The van der Waals surface area contributed by atoms with Crippen molar-refractivity contribution in [3.05, 3.63) is 66.1 Å². The minimum atomic E-state index is -5.47. The molecule has 1 unspecified atom stereocenters. The number of nitrogens with one attached hydrogen (secondary N) is 6. The van der Waals surface area contributed by atoms with Gasteiger partial charge in [0.25, 0.3) is 5.97 Å². The van der Waals surface area contributed by atoms with Crippen molar-refractivity contribution < 1.29 is 161 Å². The van der Waals surface area contributed by atoms with Gasteiger partial charge < -0.3 is 100 Å². The van der Waals surface area contributed by atoms with Gasteiger partial charge in [-0.3, -0.25) is 9.18 Å². The standard InChI is InChI=1S/C14H25NO5.4C14H25NO4.C9H16NO4.C4H7Br.C2H6S.CH3F.BrH.6ClH.Cu.HI.W.Zn/c1-13(2,3)20-12(17)15-9(11(16)18-6)7-8-10-14(4,5)19-10;2*1-10(2)8-7-9-11(12(16)18-6)15-13(17)19-14(3,4)5;2*1-8-14(5,6)9-10(11(16)18-7)15-12(17)19-13(2,3)4;1-6(7(11)13-5)10-8(12)14-9(2,3)4;1-4(2)3-5;1-3-2;1-2;;;;;;;;;;;/h9-10H,7-8H2,1-6H3,(H,15,17);2*8,11H,7,9H2,1-6H3,(H,15,17);2*8,10H,1,9H2,2-7H3,(H,15,17);6H,1H2,2-5H3,(H,10,12);3H,1-2H3;1-2H3;1H3;7*1H;;1H;;/q;;;;;-1;;;;;;;;;;;+1;;+6;+2/p-8/t9-,10?;2*11-;2*10-;6-;;;;;;;;;;;;;;/m000000............../s1/i;;;;;;;;1D;;;;;;;;;;;. The number of halogens is 10. The summed E-state index contributed by atoms with van der Waals surface area (Å²) in [6, 6.07) is -4.55. The van der Waals surface area contributed by atoms with Gasteiger partial charge in [0.2, 0.25) is 0 Å². The molecular weight excluding hydrogens is 2380 g/mol. The molecule has 0 aromatic carbocycles. The summed E-state index contributed by atoms with van der Waals surface area (Å²) in [5.41, 5.74) is -0.709. The van der Waals surface area contributed by atoms with Crippen molar-refractivity contribution >= 4 is 190 Å². The minimum absolute atomic E-state index is 0.120. The Hall–Kier alpha value is -3.36. The van der Waals surface area contributed by atoms with Crippen LogP contribution in [0.25, 0.3) is 0 Å². The second kappa shape index (κ2) is 73.7. The zero-order chi connectivity index (χ0) is 108. The second-order valence-corrected chi connectivity index (χ2v) is 101. The number of amides is 6. The number of esters is 6. The molecule has 31 nitrogen and oxygen atoms in total. The van der Waals surface area contributed by atoms with E-state index in [0.717, 1.165) is 0 Å². The fourth-order valence-electron chi connectivity index (χ4n) is 8.10. The molecule has 0 bridgehead atoms. The zero-order valence-electron chi connectivity index (χ0n) is 85.2. The first-order chi connectivity index (χ1) is 59.2. The molecule has 1 heterocycles. The first kappa shape index (κ1) is 148. The van der Waals surface area contributed by atoms with E-state index in [2.05, 4.69) is 130 Å². The average Bonchev–Trinajstić information content (AvgIpc) is 1.46. The van der Waals surface area contributed by atoms with E-state index in [1.807, 2.05) is 113 Å². The van der Waals surface area contributed by atoms with Gasteiger partial charge >= 0.3 is 193 Å². The van der Waals surface area contributed by atoms with Crippen molar-refractivity contribution in [1.82, 2.24) is 31.9 Å². The summed E-state index contributed by atoms with van der Waals surface area (Å²) < 4.78 is 79.3. The number of alkyl carbamates (subject to hydrolysis) is 6. The van der Waals surface area contributed by atoms with Crippen LogP contribution in [0, 0.1) is 17.8 Å². The quantitative estimate of drug-likeness (QED) is 0.00846. The van der Waals surface area contributed by atoms with Gasteiger partial charge in [-0.1, -0.05) is 84.6 Å². The second-order valence-electron chi connectivity index (χ2n) is 36.1. The third-order valence-corrected chi connectivity index (χ3v) is 14.7. The Morgan fingerprint density at radius 2 is 0.634 bits per heavy atom. The van der Waals surface area contributed by atoms with E-state index in [9.17, 15) is 61.9 Å². The van der Waals surface area contributed by atoms with Crippen LogP contribution in [-0.2, 0) is 127 Å². The van der Waals surface area contributed by atoms with Crippen LogP contribution in [-0.4, -0.2) is 216 Å². The van der Waals surface area contributed by atoms with Gasteiger partial charge in [-0.2, -0.15) is 11.8 Å². The fraction of sp³-hybridized carbons (Fsp3) is 0.733. The Labute approximate surface area is 855 Å². The third-order valence-electron chi connectivity index (χ3n) is 13.7. The molecule has 1 saturated heterocycles. The molecule has 7 atom stereocenters. The number of hydrogen-bond donors (Lipinski definition) is 6. The molecule has 0 aromatic rings. The van der Waals surface area contributed by atoms with E-state index < -0.39 is 157 Å². The van der Waals surface area contributed by atoms with E-state index in [1.165, 1.54) is 74.2 Å². The number of allylic oxidation sites excluding steroid dienone is 7. The molecular formula is C86H157Br2Cl6CuFIN6O25SWZn. The van der Waals surface area contributed by atoms with E-state index in [0.29, 0.717) is 51.4 Å². The van der Waals surface area contributed by atoms with Gasteiger partial charge in [0.1, 0.15) is 63.8 Å². The maximum absolute atomic E-state index is 11.7. The number of ether oxygens (including phenoxy) is 13. The number of alkyl halides is 1. The van der Waals surface area contributed by atoms with Crippen molar-refractivity contribution in [2.75, 3.05) is 62.3 Å². The maximum atomic E-state index is 11.7. The van der Waals surface area contributed by atoms with Crippen molar-refractivity contribution in [2.24, 2.45) is 10.8 Å². The van der Waals surface area contributed by atoms with Crippen LogP contribution in [0.15, 0.2) is 59.2 Å². The van der Waals surface area contributed by atoms with Crippen LogP contribution in [0.2, 0.25) is 0 Å². The molecule has 0 aliphatic carbocycles. The summed E-state index contributed by atoms with van der Waals surface area (Å²) in [7, 11) is 31.6. The van der Waals surface area contributed by atoms with E-state index >= 15 is 0 Å². The number of methoxy groups -OCH3 is 6. The molecule has 0 aromatic heterocycles. The molecule has 1 fully saturated rings. The monoisotopic (exact) mass is 2530 g/mol. The van der Waals surface area contributed by atoms with Crippen molar-refractivity contribution in [3.8, 4) is 0 Å². The molecule has 0 spiro atoms. The molecule has 0 saturated carbocycles. The van der Waals surface area contributed by atoms with E-state index in [4.69, 9.17) is 105 Å². The Bertz CT molecular complexity index is 3320. The Balaban J connectivity index is -0.000000141. The molecule has 1 aliphatic heterocycles. The van der Waals surface area contributed by atoms with Gasteiger partial charge in [-0.05, 0) is 260 Å². The average molecular weight is 2540 g/mol. The number of carbonyl (C=O) groups excluding carboxylic acids is 12. The molecule has 45 heteroatoms. The fourth-order valence-corrected chi connectivity index (χ4v) is 8.10. The predicted molar refractivity (Wildman–Crippen MR) is 532 cm³/mol. The zero-order valence-corrected chi connectivity index (χ0v) is 102. The third kappa shape index (κ3) is 115.